The fourth-order valence-electron chi connectivity index (χ4n) is 3.57. The molecular weight excluding hydrogens is 306 g/mol. The molecule has 1 fully saturated rings. The molecule has 7 nitrogen and oxygen atoms in total. The Morgan fingerprint density at radius 1 is 1.38 bits per heavy atom. The third kappa shape index (κ3) is 2.96. The fraction of sp³-hybridized carbons (Fsp3) is 0.588. The van der Waals surface area contributed by atoms with Gasteiger partial charge in [0.05, 0.1) is 5.39 Å². The van der Waals surface area contributed by atoms with Crippen molar-refractivity contribution in [1.82, 2.24) is 25.0 Å². The highest BCUT2D eigenvalue weighted by molar-refractivity contribution is 5.81. The monoisotopic (exact) mass is 331 g/mol. The van der Waals surface area contributed by atoms with Crippen LogP contribution in [0.25, 0.3) is 11.0 Å². The van der Waals surface area contributed by atoms with E-state index in [2.05, 4.69) is 22.3 Å². The number of aryl methyl sites for hydroxylation is 3. The first-order valence-electron chi connectivity index (χ1n) is 8.44. The second kappa shape index (κ2) is 6.39. The summed E-state index contributed by atoms with van der Waals surface area (Å²) in [6.07, 6.45) is 1.07. The molecule has 0 saturated carbocycles. The summed E-state index contributed by atoms with van der Waals surface area (Å²) in [5.41, 5.74) is 3.37. The van der Waals surface area contributed by atoms with Crippen LogP contribution in [0.4, 0.5) is 0 Å². The number of fused-ring (bicyclic) bond motifs is 1. The molecule has 2 aromatic rings. The van der Waals surface area contributed by atoms with Crippen LogP contribution in [0.1, 0.15) is 30.2 Å². The minimum absolute atomic E-state index is 0.124. The van der Waals surface area contributed by atoms with E-state index in [1.165, 1.54) is 0 Å². The standard InChI is InChI=1S/C17H25N5O2/c1-10-9-22(8-7-18-10)14(23)6-5-13-11(2)15-16(19-12(13)3)21(4)20-17(15)24/h10,18H,5-9H2,1-4H3,(H,20,24)/t10-/m1/s1. The molecule has 0 unspecified atom stereocenters. The van der Waals surface area contributed by atoms with Gasteiger partial charge in [0, 0.05) is 44.8 Å². The number of carbonyl (C=O) groups excluding carboxylic acids is 1. The van der Waals surface area contributed by atoms with E-state index in [0.29, 0.717) is 29.9 Å². The molecule has 3 rings (SSSR count). The lowest BCUT2D eigenvalue weighted by Crippen LogP contribution is -2.51. The smallest absolute Gasteiger partial charge is 0.273 e. The zero-order valence-electron chi connectivity index (χ0n) is 14.8. The number of hydrogen-bond donors (Lipinski definition) is 2. The second-order valence-electron chi connectivity index (χ2n) is 6.69. The van der Waals surface area contributed by atoms with Crippen molar-refractivity contribution < 1.29 is 4.79 Å². The molecule has 1 amide bonds. The molecule has 0 bridgehead atoms. The summed E-state index contributed by atoms with van der Waals surface area (Å²) in [6.45, 7) is 8.34. The van der Waals surface area contributed by atoms with Gasteiger partial charge in [-0.2, -0.15) is 0 Å². The Balaban J connectivity index is 1.81. The molecular formula is C17H25N5O2. The zero-order chi connectivity index (χ0) is 17.4. The van der Waals surface area contributed by atoms with Crippen LogP contribution in [0.2, 0.25) is 0 Å². The Hall–Kier alpha value is -2.15. The van der Waals surface area contributed by atoms with Gasteiger partial charge in [-0.25, -0.2) is 4.98 Å². The number of nitrogens with zero attached hydrogens (tertiary/aromatic N) is 3. The molecule has 24 heavy (non-hydrogen) atoms. The summed E-state index contributed by atoms with van der Waals surface area (Å²) in [4.78, 5) is 31.1. The van der Waals surface area contributed by atoms with Crippen LogP contribution >= 0.6 is 0 Å². The lowest BCUT2D eigenvalue weighted by atomic mass is 10.00. The van der Waals surface area contributed by atoms with E-state index in [4.69, 9.17) is 0 Å². The summed E-state index contributed by atoms with van der Waals surface area (Å²) in [7, 11) is 1.78. The normalized spacial score (nSPS) is 18.3. The van der Waals surface area contributed by atoms with Crippen molar-refractivity contribution in [2.45, 2.75) is 39.7 Å². The maximum Gasteiger partial charge on any atom is 0.273 e. The number of pyridine rings is 1. The van der Waals surface area contributed by atoms with E-state index in [1.807, 2.05) is 18.7 Å². The maximum absolute atomic E-state index is 12.5. The van der Waals surface area contributed by atoms with Gasteiger partial charge in [0.1, 0.15) is 0 Å². The summed E-state index contributed by atoms with van der Waals surface area (Å²) >= 11 is 0. The summed E-state index contributed by atoms with van der Waals surface area (Å²) in [6, 6.07) is 0.340. The van der Waals surface area contributed by atoms with Crippen LogP contribution in [-0.2, 0) is 18.3 Å². The highest BCUT2D eigenvalue weighted by atomic mass is 16.2. The number of aromatic nitrogens is 3. The van der Waals surface area contributed by atoms with Crippen LogP contribution in [0, 0.1) is 13.8 Å². The molecule has 0 radical (unpaired) electrons. The quantitative estimate of drug-likeness (QED) is 0.864. The van der Waals surface area contributed by atoms with Gasteiger partial charge < -0.3 is 10.2 Å². The van der Waals surface area contributed by atoms with Gasteiger partial charge in [0.2, 0.25) is 5.91 Å². The molecule has 2 N–H and O–H groups in total. The molecule has 130 valence electrons. The van der Waals surface area contributed by atoms with Gasteiger partial charge in [-0.3, -0.25) is 19.4 Å². The van der Waals surface area contributed by atoms with E-state index in [1.54, 1.807) is 11.7 Å². The highest BCUT2D eigenvalue weighted by Crippen LogP contribution is 2.21. The summed E-state index contributed by atoms with van der Waals surface area (Å²) in [5.74, 6) is 0.171. The average molecular weight is 331 g/mol. The van der Waals surface area contributed by atoms with E-state index in [-0.39, 0.29) is 11.5 Å². The first kappa shape index (κ1) is 16.7. The molecule has 0 spiro atoms. The first-order chi connectivity index (χ1) is 11.4. The van der Waals surface area contributed by atoms with Crippen LogP contribution in [-0.4, -0.2) is 51.2 Å². The molecule has 2 aromatic heterocycles. The molecule has 1 saturated heterocycles. The van der Waals surface area contributed by atoms with E-state index in [9.17, 15) is 9.59 Å². The van der Waals surface area contributed by atoms with Gasteiger partial charge in [0.15, 0.2) is 5.65 Å². The minimum atomic E-state index is -0.124. The lowest BCUT2D eigenvalue weighted by Gasteiger charge is -2.32. The topological polar surface area (TPSA) is 83.0 Å². The Labute approximate surface area is 141 Å². The SMILES string of the molecule is Cc1nc2c(c(C)c1CCC(=O)N1CCN[C@H](C)C1)c(=O)[nH]n2C. The van der Waals surface area contributed by atoms with Crippen molar-refractivity contribution in [3.05, 3.63) is 27.2 Å². The number of H-pyrrole nitrogens is 1. The van der Waals surface area contributed by atoms with Gasteiger partial charge in [-0.1, -0.05) is 0 Å². The number of amides is 1. The zero-order valence-corrected chi connectivity index (χ0v) is 14.8. The first-order valence-corrected chi connectivity index (χ1v) is 8.44. The van der Waals surface area contributed by atoms with Crippen LogP contribution < -0.4 is 10.9 Å². The van der Waals surface area contributed by atoms with Gasteiger partial charge in [0.25, 0.3) is 5.56 Å². The number of nitrogens with one attached hydrogen (secondary N) is 2. The van der Waals surface area contributed by atoms with Gasteiger partial charge >= 0.3 is 0 Å². The number of hydrogen-bond acceptors (Lipinski definition) is 4. The predicted octanol–water partition coefficient (Wildman–Crippen LogP) is 0.631. The van der Waals surface area contributed by atoms with Gasteiger partial charge in [-0.05, 0) is 38.3 Å². The predicted molar refractivity (Wildman–Crippen MR) is 93.2 cm³/mol. The number of aromatic amines is 1. The molecule has 0 aliphatic carbocycles. The lowest BCUT2D eigenvalue weighted by molar-refractivity contribution is -0.132. The molecule has 1 aliphatic heterocycles. The van der Waals surface area contributed by atoms with Crippen LogP contribution in [0.3, 0.4) is 0 Å². The van der Waals surface area contributed by atoms with E-state index in [0.717, 1.165) is 36.5 Å². The van der Waals surface area contributed by atoms with Crippen LogP contribution in [0.15, 0.2) is 4.79 Å². The highest BCUT2D eigenvalue weighted by Gasteiger charge is 2.21. The van der Waals surface area contributed by atoms with Crippen molar-refractivity contribution in [2.75, 3.05) is 19.6 Å². The third-order valence-electron chi connectivity index (χ3n) is 4.89. The summed E-state index contributed by atoms with van der Waals surface area (Å²) < 4.78 is 1.65. The summed E-state index contributed by atoms with van der Waals surface area (Å²) in [5, 5.41) is 6.72. The molecule has 3 heterocycles. The van der Waals surface area contributed by atoms with Crippen molar-refractivity contribution >= 4 is 16.9 Å². The minimum Gasteiger partial charge on any atom is -0.340 e. The Morgan fingerprint density at radius 2 is 2.12 bits per heavy atom. The number of piperazine rings is 1. The molecule has 0 aromatic carbocycles. The largest absolute Gasteiger partial charge is 0.340 e. The van der Waals surface area contributed by atoms with Crippen LogP contribution in [0.5, 0.6) is 0 Å². The van der Waals surface area contributed by atoms with Gasteiger partial charge in [-0.15, -0.1) is 0 Å². The van der Waals surface area contributed by atoms with Crippen molar-refractivity contribution in [3.63, 3.8) is 0 Å². The molecule has 7 heteroatoms. The molecule has 1 atom stereocenters. The average Bonchev–Trinajstić information content (AvgIpc) is 2.81. The molecule has 1 aliphatic rings. The third-order valence-corrected chi connectivity index (χ3v) is 4.89. The Morgan fingerprint density at radius 3 is 2.83 bits per heavy atom. The second-order valence-corrected chi connectivity index (χ2v) is 6.69. The van der Waals surface area contributed by atoms with Crippen molar-refractivity contribution in [1.29, 1.82) is 0 Å². The van der Waals surface area contributed by atoms with E-state index < -0.39 is 0 Å². The Bertz CT molecular complexity index is 836. The Kier molecular flexibility index (Phi) is 4.45. The fourth-order valence-corrected chi connectivity index (χ4v) is 3.57. The van der Waals surface area contributed by atoms with Crippen molar-refractivity contribution in [2.24, 2.45) is 7.05 Å². The van der Waals surface area contributed by atoms with Crippen molar-refractivity contribution in [3.8, 4) is 0 Å². The maximum atomic E-state index is 12.5. The van der Waals surface area contributed by atoms with E-state index >= 15 is 0 Å². The number of rotatable bonds is 3. The number of carbonyl (C=O) groups is 1.